The van der Waals surface area contributed by atoms with Crippen LogP contribution >= 0.6 is 0 Å². The summed E-state index contributed by atoms with van der Waals surface area (Å²) >= 11 is 0. The lowest BCUT2D eigenvalue weighted by molar-refractivity contribution is -0.115. The fourth-order valence-electron chi connectivity index (χ4n) is 3.34. The fraction of sp³-hybridized carbons (Fsp3) is 0.217. The third kappa shape index (κ3) is 4.00. The third-order valence-electron chi connectivity index (χ3n) is 4.87. The average molecular weight is 401 g/mol. The molecule has 0 radical (unpaired) electrons. The molecular formula is C23H23N5O2. The predicted octanol–water partition coefficient (Wildman–Crippen LogP) is 3.99. The topological polar surface area (TPSA) is 81.4 Å². The first-order chi connectivity index (χ1) is 14.5. The Morgan fingerprint density at radius 3 is 2.47 bits per heavy atom. The number of aryl methyl sites for hydroxylation is 2. The van der Waals surface area contributed by atoms with Crippen LogP contribution in [0.1, 0.15) is 23.9 Å². The van der Waals surface area contributed by atoms with Crippen molar-refractivity contribution >= 4 is 17.4 Å². The second-order valence-electron chi connectivity index (χ2n) is 6.96. The highest BCUT2D eigenvalue weighted by molar-refractivity contribution is 5.92. The standard InChI is InChI=1S/C23H23N5O2/c1-4-30-19-12-10-18(11-13-19)25-21(29)14-20-15(2)24-23-26-22(27-28(23)16(20)3)17-8-6-5-7-9-17/h5-13H,4,14H2,1-3H3,(H,25,29). The minimum Gasteiger partial charge on any atom is -0.494 e. The van der Waals surface area contributed by atoms with E-state index in [-0.39, 0.29) is 12.3 Å². The molecule has 0 bridgehead atoms. The number of amides is 1. The molecule has 0 unspecified atom stereocenters. The summed E-state index contributed by atoms with van der Waals surface area (Å²) in [6.07, 6.45) is 0.203. The summed E-state index contributed by atoms with van der Waals surface area (Å²) < 4.78 is 7.13. The zero-order valence-electron chi connectivity index (χ0n) is 17.2. The molecule has 1 N–H and O–H groups in total. The molecule has 30 heavy (non-hydrogen) atoms. The Kier molecular flexibility index (Phi) is 5.43. The molecule has 4 rings (SSSR count). The van der Waals surface area contributed by atoms with E-state index in [9.17, 15) is 4.79 Å². The first-order valence-corrected chi connectivity index (χ1v) is 9.86. The molecule has 0 saturated carbocycles. The molecule has 0 fully saturated rings. The number of carbonyl (C=O) groups excluding carboxylic acids is 1. The van der Waals surface area contributed by atoms with Crippen molar-refractivity contribution in [2.75, 3.05) is 11.9 Å². The van der Waals surface area contributed by atoms with Gasteiger partial charge in [-0.3, -0.25) is 4.79 Å². The van der Waals surface area contributed by atoms with Gasteiger partial charge in [0.15, 0.2) is 5.82 Å². The molecule has 7 heteroatoms. The van der Waals surface area contributed by atoms with Crippen LogP contribution in [0, 0.1) is 13.8 Å². The first-order valence-electron chi connectivity index (χ1n) is 9.86. The van der Waals surface area contributed by atoms with Crippen molar-refractivity contribution < 1.29 is 9.53 Å². The minimum atomic E-state index is -0.116. The van der Waals surface area contributed by atoms with E-state index >= 15 is 0 Å². The van der Waals surface area contributed by atoms with Gasteiger partial charge in [-0.15, -0.1) is 5.10 Å². The summed E-state index contributed by atoms with van der Waals surface area (Å²) in [6.45, 7) is 6.37. The number of rotatable bonds is 6. The van der Waals surface area contributed by atoms with Crippen LogP contribution in [0.3, 0.4) is 0 Å². The molecule has 0 saturated heterocycles. The highest BCUT2D eigenvalue weighted by Crippen LogP contribution is 2.20. The van der Waals surface area contributed by atoms with E-state index in [1.165, 1.54) is 0 Å². The van der Waals surface area contributed by atoms with E-state index in [0.717, 1.165) is 34.0 Å². The van der Waals surface area contributed by atoms with Crippen molar-refractivity contribution in [2.45, 2.75) is 27.2 Å². The van der Waals surface area contributed by atoms with Crippen LogP contribution in [-0.2, 0) is 11.2 Å². The second kappa shape index (κ2) is 8.32. The highest BCUT2D eigenvalue weighted by Gasteiger charge is 2.16. The molecule has 2 aromatic heterocycles. The molecule has 0 spiro atoms. The SMILES string of the molecule is CCOc1ccc(NC(=O)Cc2c(C)nc3nc(-c4ccccc4)nn3c2C)cc1. The number of fused-ring (bicyclic) bond motifs is 1. The quantitative estimate of drug-likeness (QED) is 0.528. The predicted molar refractivity (Wildman–Crippen MR) is 116 cm³/mol. The van der Waals surface area contributed by atoms with Crippen molar-refractivity contribution in [2.24, 2.45) is 0 Å². The molecule has 0 aliphatic heterocycles. The summed E-state index contributed by atoms with van der Waals surface area (Å²) in [5.74, 6) is 1.80. The molecule has 0 aliphatic carbocycles. The molecular weight excluding hydrogens is 378 g/mol. The van der Waals surface area contributed by atoms with E-state index in [1.807, 2.05) is 75.4 Å². The van der Waals surface area contributed by atoms with E-state index < -0.39 is 0 Å². The Morgan fingerprint density at radius 1 is 1.03 bits per heavy atom. The summed E-state index contributed by atoms with van der Waals surface area (Å²) in [6, 6.07) is 17.1. The number of nitrogens with one attached hydrogen (secondary N) is 1. The number of ether oxygens (including phenoxy) is 1. The van der Waals surface area contributed by atoms with Crippen molar-refractivity contribution in [1.82, 2.24) is 19.6 Å². The van der Waals surface area contributed by atoms with Crippen LogP contribution < -0.4 is 10.1 Å². The van der Waals surface area contributed by atoms with Gasteiger partial charge in [0.25, 0.3) is 5.78 Å². The van der Waals surface area contributed by atoms with Crippen molar-refractivity contribution in [1.29, 1.82) is 0 Å². The van der Waals surface area contributed by atoms with Gasteiger partial charge in [-0.05, 0) is 45.0 Å². The van der Waals surface area contributed by atoms with Crippen LogP contribution in [0.25, 0.3) is 17.2 Å². The number of carbonyl (C=O) groups is 1. The largest absolute Gasteiger partial charge is 0.494 e. The molecule has 0 atom stereocenters. The van der Waals surface area contributed by atoms with Gasteiger partial charge in [-0.2, -0.15) is 4.98 Å². The smallest absolute Gasteiger partial charge is 0.253 e. The van der Waals surface area contributed by atoms with Gasteiger partial charge in [0.05, 0.1) is 13.0 Å². The first kappa shape index (κ1) is 19.6. The lowest BCUT2D eigenvalue weighted by Crippen LogP contribution is -2.17. The van der Waals surface area contributed by atoms with Gasteiger partial charge < -0.3 is 10.1 Å². The van der Waals surface area contributed by atoms with Gasteiger partial charge in [0.1, 0.15) is 5.75 Å². The van der Waals surface area contributed by atoms with E-state index in [2.05, 4.69) is 20.4 Å². The Bertz CT molecular complexity index is 1180. The van der Waals surface area contributed by atoms with Crippen LogP contribution in [0.4, 0.5) is 5.69 Å². The normalized spacial score (nSPS) is 10.9. The molecule has 4 aromatic rings. The summed E-state index contributed by atoms with van der Waals surface area (Å²) in [7, 11) is 0. The molecule has 152 valence electrons. The van der Waals surface area contributed by atoms with E-state index in [4.69, 9.17) is 4.74 Å². The maximum atomic E-state index is 12.6. The number of benzene rings is 2. The average Bonchev–Trinajstić information content (AvgIpc) is 3.17. The molecule has 0 aliphatic rings. The zero-order chi connectivity index (χ0) is 21.1. The van der Waals surface area contributed by atoms with E-state index in [1.54, 1.807) is 4.52 Å². The fourth-order valence-corrected chi connectivity index (χ4v) is 3.34. The van der Waals surface area contributed by atoms with Gasteiger partial charge in [-0.1, -0.05) is 30.3 Å². The van der Waals surface area contributed by atoms with Crippen LogP contribution in [-0.4, -0.2) is 32.1 Å². The molecule has 2 aromatic carbocycles. The Hall–Kier alpha value is -3.74. The zero-order valence-corrected chi connectivity index (χ0v) is 17.2. The van der Waals surface area contributed by atoms with Crippen LogP contribution in [0.15, 0.2) is 54.6 Å². The van der Waals surface area contributed by atoms with Crippen molar-refractivity contribution in [3.05, 3.63) is 71.5 Å². The Balaban J connectivity index is 1.56. The monoisotopic (exact) mass is 401 g/mol. The molecule has 7 nitrogen and oxygen atoms in total. The number of aromatic nitrogens is 4. The molecule has 1 amide bonds. The maximum Gasteiger partial charge on any atom is 0.253 e. The number of hydrogen-bond donors (Lipinski definition) is 1. The summed E-state index contributed by atoms with van der Waals surface area (Å²) in [5, 5.41) is 7.53. The van der Waals surface area contributed by atoms with Crippen molar-refractivity contribution in [3.63, 3.8) is 0 Å². The second-order valence-corrected chi connectivity index (χ2v) is 6.96. The minimum absolute atomic E-state index is 0.116. The van der Waals surface area contributed by atoms with Gasteiger partial charge in [0.2, 0.25) is 5.91 Å². The lowest BCUT2D eigenvalue weighted by atomic mass is 10.1. The Labute approximate surface area is 174 Å². The number of hydrogen-bond acceptors (Lipinski definition) is 5. The Morgan fingerprint density at radius 2 is 1.77 bits per heavy atom. The lowest BCUT2D eigenvalue weighted by Gasteiger charge is -2.11. The van der Waals surface area contributed by atoms with Gasteiger partial charge in [-0.25, -0.2) is 9.50 Å². The highest BCUT2D eigenvalue weighted by atomic mass is 16.5. The summed E-state index contributed by atoms with van der Waals surface area (Å²) in [5.41, 5.74) is 4.12. The van der Waals surface area contributed by atoms with Gasteiger partial charge >= 0.3 is 0 Å². The van der Waals surface area contributed by atoms with Crippen LogP contribution in [0.2, 0.25) is 0 Å². The van der Waals surface area contributed by atoms with E-state index in [0.29, 0.717) is 18.2 Å². The van der Waals surface area contributed by atoms with Gasteiger partial charge in [0, 0.05) is 28.2 Å². The van der Waals surface area contributed by atoms with Crippen LogP contribution in [0.5, 0.6) is 5.75 Å². The number of nitrogens with zero attached hydrogens (tertiary/aromatic N) is 4. The summed E-state index contributed by atoms with van der Waals surface area (Å²) in [4.78, 5) is 21.8. The maximum absolute atomic E-state index is 12.6. The third-order valence-corrected chi connectivity index (χ3v) is 4.87. The number of anilines is 1. The van der Waals surface area contributed by atoms with Crippen molar-refractivity contribution in [3.8, 4) is 17.1 Å². The molecule has 2 heterocycles.